The van der Waals surface area contributed by atoms with Crippen LogP contribution < -0.4 is 5.32 Å². The number of aromatic nitrogens is 1. The molecule has 1 heterocycles. The van der Waals surface area contributed by atoms with Gasteiger partial charge in [-0.2, -0.15) is 0 Å². The van der Waals surface area contributed by atoms with E-state index in [0.717, 1.165) is 15.7 Å². The number of nitrogens with zero attached hydrogens (tertiary/aromatic N) is 1. The van der Waals surface area contributed by atoms with Gasteiger partial charge in [-0.1, -0.05) is 22.0 Å². The molecular formula is C13H11BrN2O. The van der Waals surface area contributed by atoms with Crippen LogP contribution >= 0.6 is 15.9 Å². The van der Waals surface area contributed by atoms with Gasteiger partial charge in [-0.3, -0.25) is 9.78 Å². The first-order valence-electron chi connectivity index (χ1n) is 5.14. The van der Waals surface area contributed by atoms with Gasteiger partial charge in [-0.25, -0.2) is 0 Å². The van der Waals surface area contributed by atoms with E-state index in [1.807, 2.05) is 25.1 Å². The number of carbonyl (C=O) groups is 1. The molecule has 0 atom stereocenters. The van der Waals surface area contributed by atoms with Crippen LogP contribution in [0.25, 0.3) is 0 Å². The summed E-state index contributed by atoms with van der Waals surface area (Å²) in [5.41, 5.74) is 2.49. The maximum atomic E-state index is 11.9. The molecule has 0 saturated carbocycles. The highest BCUT2D eigenvalue weighted by molar-refractivity contribution is 9.10. The van der Waals surface area contributed by atoms with Gasteiger partial charge in [0.15, 0.2) is 0 Å². The molecule has 0 saturated heterocycles. The summed E-state index contributed by atoms with van der Waals surface area (Å²) in [6.45, 7) is 2.00. The summed E-state index contributed by atoms with van der Waals surface area (Å²) in [4.78, 5) is 15.7. The van der Waals surface area contributed by atoms with Gasteiger partial charge in [0, 0.05) is 28.1 Å². The van der Waals surface area contributed by atoms with E-state index in [-0.39, 0.29) is 5.91 Å². The number of nitrogens with one attached hydrogen (secondary N) is 1. The molecule has 2 rings (SSSR count). The molecule has 86 valence electrons. The molecule has 0 fully saturated rings. The fourth-order valence-corrected chi connectivity index (χ4v) is 1.76. The Morgan fingerprint density at radius 1 is 1.24 bits per heavy atom. The lowest BCUT2D eigenvalue weighted by Gasteiger charge is -2.06. The van der Waals surface area contributed by atoms with Crippen molar-refractivity contribution in [3.8, 4) is 0 Å². The maximum Gasteiger partial charge on any atom is 0.255 e. The topological polar surface area (TPSA) is 42.0 Å². The van der Waals surface area contributed by atoms with Crippen LogP contribution in [0.5, 0.6) is 0 Å². The van der Waals surface area contributed by atoms with Crippen molar-refractivity contribution in [1.29, 1.82) is 0 Å². The highest BCUT2D eigenvalue weighted by Gasteiger charge is 2.05. The molecule has 4 heteroatoms. The van der Waals surface area contributed by atoms with Crippen molar-refractivity contribution in [2.45, 2.75) is 6.92 Å². The summed E-state index contributed by atoms with van der Waals surface area (Å²) in [6.07, 6.45) is 3.19. The molecule has 0 bridgehead atoms. The summed E-state index contributed by atoms with van der Waals surface area (Å²) in [5, 5.41) is 2.83. The maximum absolute atomic E-state index is 11.9. The second-order valence-corrected chi connectivity index (χ2v) is 4.51. The van der Waals surface area contributed by atoms with Crippen molar-refractivity contribution in [2.75, 3.05) is 5.32 Å². The quantitative estimate of drug-likeness (QED) is 0.921. The molecule has 0 aliphatic rings. The van der Waals surface area contributed by atoms with Crippen LogP contribution in [-0.4, -0.2) is 10.9 Å². The predicted octanol–water partition coefficient (Wildman–Crippen LogP) is 3.40. The lowest BCUT2D eigenvalue weighted by molar-refractivity contribution is 0.102. The minimum absolute atomic E-state index is 0.136. The van der Waals surface area contributed by atoms with Crippen LogP contribution in [0.2, 0.25) is 0 Å². The summed E-state index contributed by atoms with van der Waals surface area (Å²) in [6, 6.07) is 9.07. The Kier molecular flexibility index (Phi) is 3.54. The highest BCUT2D eigenvalue weighted by Crippen LogP contribution is 2.20. The first-order chi connectivity index (χ1) is 8.16. The molecule has 3 nitrogen and oxygen atoms in total. The van der Waals surface area contributed by atoms with Crippen molar-refractivity contribution in [1.82, 2.24) is 4.98 Å². The van der Waals surface area contributed by atoms with Crippen molar-refractivity contribution in [3.05, 3.63) is 58.3 Å². The Bertz CT molecular complexity index is 540. The van der Waals surface area contributed by atoms with Crippen molar-refractivity contribution < 1.29 is 4.79 Å². The van der Waals surface area contributed by atoms with Gasteiger partial charge in [0.05, 0.1) is 0 Å². The zero-order valence-electron chi connectivity index (χ0n) is 9.27. The molecule has 0 radical (unpaired) electrons. The second kappa shape index (κ2) is 5.10. The molecule has 2 aromatic rings. The van der Waals surface area contributed by atoms with E-state index < -0.39 is 0 Å². The van der Waals surface area contributed by atoms with E-state index in [0.29, 0.717) is 5.56 Å². The van der Waals surface area contributed by atoms with Crippen LogP contribution in [0.3, 0.4) is 0 Å². The van der Waals surface area contributed by atoms with E-state index in [1.54, 1.807) is 24.5 Å². The van der Waals surface area contributed by atoms with Gasteiger partial charge in [0.1, 0.15) is 0 Å². The number of rotatable bonds is 2. The average molecular weight is 291 g/mol. The Balaban J connectivity index is 2.16. The monoisotopic (exact) mass is 290 g/mol. The normalized spacial score (nSPS) is 10.0. The number of amides is 1. The van der Waals surface area contributed by atoms with Crippen LogP contribution in [-0.2, 0) is 0 Å². The second-order valence-electron chi connectivity index (χ2n) is 3.65. The molecule has 17 heavy (non-hydrogen) atoms. The van der Waals surface area contributed by atoms with Crippen LogP contribution in [0.1, 0.15) is 15.9 Å². The number of pyridine rings is 1. The van der Waals surface area contributed by atoms with Gasteiger partial charge in [0.2, 0.25) is 0 Å². The Labute approximate surface area is 108 Å². The zero-order chi connectivity index (χ0) is 12.3. The number of benzene rings is 1. The molecule has 1 amide bonds. The fraction of sp³-hybridized carbons (Fsp3) is 0.0769. The van der Waals surface area contributed by atoms with E-state index in [2.05, 4.69) is 26.2 Å². The van der Waals surface area contributed by atoms with Crippen molar-refractivity contribution in [2.24, 2.45) is 0 Å². The minimum Gasteiger partial charge on any atom is -0.322 e. The molecule has 0 aliphatic heterocycles. The van der Waals surface area contributed by atoms with Crippen molar-refractivity contribution in [3.63, 3.8) is 0 Å². The van der Waals surface area contributed by atoms with Gasteiger partial charge in [-0.15, -0.1) is 0 Å². The first kappa shape index (κ1) is 11.8. The van der Waals surface area contributed by atoms with E-state index >= 15 is 0 Å². The summed E-state index contributed by atoms with van der Waals surface area (Å²) >= 11 is 3.43. The van der Waals surface area contributed by atoms with E-state index in [1.165, 1.54) is 0 Å². The highest BCUT2D eigenvalue weighted by atomic mass is 79.9. The summed E-state index contributed by atoms with van der Waals surface area (Å²) < 4.78 is 0.977. The van der Waals surface area contributed by atoms with Gasteiger partial charge in [0.25, 0.3) is 5.91 Å². The molecule has 0 aliphatic carbocycles. The number of carbonyl (C=O) groups excluding carboxylic acids is 1. The van der Waals surface area contributed by atoms with E-state index in [9.17, 15) is 4.79 Å². The minimum atomic E-state index is -0.136. The number of anilines is 1. The molecular weight excluding hydrogens is 280 g/mol. The molecule has 1 aromatic heterocycles. The average Bonchev–Trinajstić information content (AvgIpc) is 2.35. The number of hydrogen-bond acceptors (Lipinski definition) is 2. The Hall–Kier alpha value is -1.68. The Morgan fingerprint density at radius 2 is 1.94 bits per heavy atom. The SMILES string of the molecule is Cc1ccc(NC(=O)c2ccncc2)cc1Br. The lowest BCUT2D eigenvalue weighted by Crippen LogP contribution is -2.11. The predicted molar refractivity (Wildman–Crippen MR) is 71.1 cm³/mol. The fourth-order valence-electron chi connectivity index (χ4n) is 1.38. The van der Waals surface area contributed by atoms with Gasteiger partial charge < -0.3 is 5.32 Å². The lowest BCUT2D eigenvalue weighted by atomic mass is 10.2. The standard InChI is InChI=1S/C13H11BrN2O/c1-9-2-3-11(8-12(9)14)16-13(17)10-4-6-15-7-5-10/h2-8H,1H3,(H,16,17). The molecule has 1 N–H and O–H groups in total. The van der Waals surface area contributed by atoms with E-state index in [4.69, 9.17) is 0 Å². The third kappa shape index (κ3) is 2.91. The number of hydrogen-bond donors (Lipinski definition) is 1. The number of halogens is 1. The molecule has 1 aromatic carbocycles. The summed E-state index contributed by atoms with van der Waals surface area (Å²) in [7, 11) is 0. The van der Waals surface area contributed by atoms with Gasteiger partial charge >= 0.3 is 0 Å². The zero-order valence-corrected chi connectivity index (χ0v) is 10.9. The molecule has 0 spiro atoms. The first-order valence-corrected chi connectivity index (χ1v) is 5.93. The van der Waals surface area contributed by atoms with Crippen molar-refractivity contribution >= 4 is 27.5 Å². The smallest absolute Gasteiger partial charge is 0.255 e. The Morgan fingerprint density at radius 3 is 2.59 bits per heavy atom. The van der Waals surface area contributed by atoms with Crippen LogP contribution in [0.15, 0.2) is 47.2 Å². The third-order valence-electron chi connectivity index (χ3n) is 2.37. The van der Waals surface area contributed by atoms with Crippen LogP contribution in [0.4, 0.5) is 5.69 Å². The number of aryl methyl sites for hydroxylation is 1. The van der Waals surface area contributed by atoms with Gasteiger partial charge in [-0.05, 0) is 36.8 Å². The molecule has 0 unspecified atom stereocenters. The summed E-state index contributed by atoms with van der Waals surface area (Å²) in [5.74, 6) is -0.136. The third-order valence-corrected chi connectivity index (χ3v) is 3.23. The van der Waals surface area contributed by atoms with Crippen LogP contribution in [0, 0.1) is 6.92 Å². The largest absolute Gasteiger partial charge is 0.322 e.